The molecule has 0 aliphatic heterocycles. The van der Waals surface area contributed by atoms with Crippen LogP contribution in [-0.2, 0) is 9.59 Å². The zero-order valence-corrected chi connectivity index (χ0v) is 10.7. The molecule has 0 heterocycles. The minimum atomic E-state index is -0.937. The van der Waals surface area contributed by atoms with Crippen molar-refractivity contribution in [2.24, 2.45) is 23.2 Å². The SMILES string of the molecule is CC1C2CC3CC1(N(CC(=O)O)CC(=O)O)C32C. The molecule has 100 valence electrons. The number of nitrogens with zero attached hydrogens (tertiary/aromatic N) is 1. The van der Waals surface area contributed by atoms with Gasteiger partial charge in [0.2, 0.25) is 0 Å². The number of carbonyl (C=O) groups is 2. The molecule has 3 fully saturated rings. The lowest BCUT2D eigenvalue weighted by Gasteiger charge is -2.88. The molecule has 18 heavy (non-hydrogen) atoms. The van der Waals surface area contributed by atoms with Crippen LogP contribution >= 0.6 is 0 Å². The summed E-state index contributed by atoms with van der Waals surface area (Å²) in [6.07, 6.45) is 2.22. The van der Waals surface area contributed by atoms with Crippen molar-refractivity contribution in [3.63, 3.8) is 0 Å². The highest BCUT2D eigenvalue weighted by atomic mass is 16.4. The molecule has 3 aliphatic carbocycles. The van der Waals surface area contributed by atoms with E-state index >= 15 is 0 Å². The largest absolute Gasteiger partial charge is 0.480 e. The molecule has 0 aromatic rings. The minimum absolute atomic E-state index is 0.161. The monoisotopic (exact) mass is 253 g/mol. The van der Waals surface area contributed by atoms with E-state index in [1.54, 1.807) is 4.90 Å². The molecule has 3 saturated carbocycles. The van der Waals surface area contributed by atoms with Crippen LogP contribution in [0.2, 0.25) is 0 Å². The lowest BCUT2D eigenvalue weighted by molar-refractivity contribution is -0.382. The van der Waals surface area contributed by atoms with Crippen LogP contribution in [0.1, 0.15) is 26.7 Å². The van der Waals surface area contributed by atoms with E-state index in [2.05, 4.69) is 13.8 Å². The summed E-state index contributed by atoms with van der Waals surface area (Å²) in [6, 6.07) is 0. The molecule has 0 aromatic heterocycles. The molecule has 5 unspecified atom stereocenters. The van der Waals surface area contributed by atoms with E-state index < -0.39 is 11.9 Å². The van der Waals surface area contributed by atoms with Crippen molar-refractivity contribution >= 4 is 11.9 Å². The van der Waals surface area contributed by atoms with Gasteiger partial charge in [-0.1, -0.05) is 13.8 Å². The van der Waals surface area contributed by atoms with Crippen molar-refractivity contribution in [2.75, 3.05) is 13.1 Å². The highest BCUT2D eigenvalue weighted by Crippen LogP contribution is 2.84. The second kappa shape index (κ2) is 3.26. The maximum Gasteiger partial charge on any atom is 0.317 e. The first-order valence-corrected chi connectivity index (χ1v) is 6.52. The van der Waals surface area contributed by atoms with Crippen LogP contribution in [-0.4, -0.2) is 45.7 Å². The Kier molecular flexibility index (Phi) is 2.17. The lowest BCUT2D eigenvalue weighted by Crippen LogP contribution is -2.90. The Morgan fingerprint density at radius 1 is 1.28 bits per heavy atom. The van der Waals surface area contributed by atoms with Gasteiger partial charge < -0.3 is 10.2 Å². The first-order valence-electron chi connectivity index (χ1n) is 6.52. The molecule has 3 aliphatic rings. The summed E-state index contributed by atoms with van der Waals surface area (Å²) in [4.78, 5) is 23.7. The maximum absolute atomic E-state index is 11.0. The molecule has 5 nitrogen and oxygen atoms in total. The quantitative estimate of drug-likeness (QED) is 0.761. The molecule has 0 aromatic carbocycles. The van der Waals surface area contributed by atoms with Crippen molar-refractivity contribution in [1.82, 2.24) is 4.90 Å². The third kappa shape index (κ3) is 1.03. The highest BCUT2D eigenvalue weighted by molar-refractivity contribution is 5.73. The summed E-state index contributed by atoms with van der Waals surface area (Å²) in [5.41, 5.74) is 0.00861. The topological polar surface area (TPSA) is 77.8 Å². The molecule has 0 amide bonds. The van der Waals surface area contributed by atoms with Gasteiger partial charge in [0.15, 0.2) is 0 Å². The van der Waals surface area contributed by atoms with Gasteiger partial charge in [-0.05, 0) is 36.0 Å². The van der Waals surface area contributed by atoms with Gasteiger partial charge in [0.05, 0.1) is 13.1 Å². The van der Waals surface area contributed by atoms with Crippen LogP contribution in [0.4, 0.5) is 0 Å². The molecule has 0 radical (unpaired) electrons. The second-order valence-electron chi connectivity index (χ2n) is 6.38. The number of carboxylic acids is 2. The Balaban J connectivity index is 1.86. The van der Waals surface area contributed by atoms with E-state index in [1.807, 2.05) is 0 Å². The van der Waals surface area contributed by atoms with E-state index in [4.69, 9.17) is 10.2 Å². The van der Waals surface area contributed by atoms with E-state index in [0.29, 0.717) is 17.8 Å². The summed E-state index contributed by atoms with van der Waals surface area (Å²) < 4.78 is 0. The van der Waals surface area contributed by atoms with E-state index in [1.165, 1.54) is 6.42 Å². The van der Waals surface area contributed by atoms with Crippen molar-refractivity contribution in [1.29, 1.82) is 0 Å². The summed E-state index contributed by atoms with van der Waals surface area (Å²) in [5, 5.41) is 18.0. The maximum atomic E-state index is 11.0. The average Bonchev–Trinajstić information content (AvgIpc) is 2.27. The molecule has 0 bridgehead atoms. The highest BCUT2D eigenvalue weighted by Gasteiger charge is 2.84. The van der Waals surface area contributed by atoms with Crippen molar-refractivity contribution in [3.8, 4) is 0 Å². The fourth-order valence-corrected chi connectivity index (χ4v) is 5.43. The number of hydrogen-bond acceptors (Lipinski definition) is 3. The summed E-state index contributed by atoms with van der Waals surface area (Å²) in [5.74, 6) is -0.100. The van der Waals surface area contributed by atoms with Crippen LogP contribution in [0.15, 0.2) is 0 Å². The Bertz CT molecular complexity index is 421. The Labute approximate surface area is 106 Å². The molecular formula is C13H19NO4. The van der Waals surface area contributed by atoms with Crippen molar-refractivity contribution in [2.45, 2.75) is 32.2 Å². The molecule has 0 spiro atoms. The third-order valence-corrected chi connectivity index (χ3v) is 6.22. The van der Waals surface area contributed by atoms with Gasteiger partial charge in [-0.25, -0.2) is 0 Å². The van der Waals surface area contributed by atoms with E-state index in [0.717, 1.165) is 6.42 Å². The fraction of sp³-hybridized carbons (Fsp3) is 0.846. The summed E-state index contributed by atoms with van der Waals surface area (Å²) in [6.45, 7) is 4.04. The number of hydrogen-bond donors (Lipinski definition) is 2. The third-order valence-electron chi connectivity index (χ3n) is 6.22. The van der Waals surface area contributed by atoms with Gasteiger partial charge in [0.25, 0.3) is 0 Å². The normalized spacial score (nSPS) is 47.6. The van der Waals surface area contributed by atoms with Crippen LogP contribution in [0, 0.1) is 23.2 Å². The average molecular weight is 253 g/mol. The first-order chi connectivity index (χ1) is 8.34. The van der Waals surface area contributed by atoms with Gasteiger partial charge in [-0.15, -0.1) is 0 Å². The molecule has 5 heteroatoms. The zero-order valence-electron chi connectivity index (χ0n) is 10.7. The number of carboxylic acid groups (broad SMARTS) is 2. The summed E-state index contributed by atoms with van der Waals surface area (Å²) >= 11 is 0. The predicted molar refractivity (Wildman–Crippen MR) is 63.1 cm³/mol. The standard InChI is InChI=1S/C13H19NO4/c1-7-9-3-8-4-13(7,12(8,9)2)14(5-10(15)16)6-11(17)18/h7-9H,3-6H2,1-2H3,(H,15,16)(H,17,18). The van der Waals surface area contributed by atoms with E-state index in [9.17, 15) is 9.59 Å². The van der Waals surface area contributed by atoms with Gasteiger partial charge in [-0.2, -0.15) is 0 Å². The Hall–Kier alpha value is -1.10. The van der Waals surface area contributed by atoms with Crippen molar-refractivity contribution < 1.29 is 19.8 Å². The van der Waals surface area contributed by atoms with Gasteiger partial charge >= 0.3 is 11.9 Å². The lowest BCUT2D eigenvalue weighted by atomic mass is 9.20. The Morgan fingerprint density at radius 3 is 2.17 bits per heavy atom. The smallest absolute Gasteiger partial charge is 0.317 e. The zero-order chi connectivity index (χ0) is 13.3. The minimum Gasteiger partial charge on any atom is -0.480 e. The number of rotatable bonds is 5. The predicted octanol–water partition coefficient (Wildman–Crippen LogP) is 0.892. The van der Waals surface area contributed by atoms with Gasteiger partial charge in [0.1, 0.15) is 0 Å². The van der Waals surface area contributed by atoms with Crippen LogP contribution in [0.3, 0.4) is 0 Å². The number of aliphatic carboxylic acids is 2. The first kappa shape index (κ1) is 12.0. The van der Waals surface area contributed by atoms with Crippen LogP contribution in [0.5, 0.6) is 0 Å². The molecule has 3 rings (SSSR count). The summed E-state index contributed by atoms with van der Waals surface area (Å²) in [7, 11) is 0. The Morgan fingerprint density at radius 2 is 1.83 bits per heavy atom. The second-order valence-corrected chi connectivity index (χ2v) is 6.38. The van der Waals surface area contributed by atoms with Crippen LogP contribution in [0.25, 0.3) is 0 Å². The van der Waals surface area contributed by atoms with Gasteiger partial charge in [0, 0.05) is 5.54 Å². The van der Waals surface area contributed by atoms with Gasteiger partial charge in [-0.3, -0.25) is 14.5 Å². The molecule has 2 N–H and O–H groups in total. The van der Waals surface area contributed by atoms with Crippen molar-refractivity contribution in [3.05, 3.63) is 0 Å². The molecule has 5 atom stereocenters. The molecular weight excluding hydrogens is 234 g/mol. The fourth-order valence-electron chi connectivity index (χ4n) is 5.43. The van der Waals surface area contributed by atoms with E-state index in [-0.39, 0.29) is 24.0 Å². The van der Waals surface area contributed by atoms with Crippen LogP contribution < -0.4 is 0 Å². The molecule has 0 saturated heterocycles.